The van der Waals surface area contributed by atoms with Gasteiger partial charge in [-0.1, -0.05) is 60.7 Å². The molecule has 1 saturated heterocycles. The number of likely N-dealkylation sites (tertiary alicyclic amines) is 1. The van der Waals surface area contributed by atoms with Gasteiger partial charge in [0.05, 0.1) is 19.8 Å². The lowest BCUT2D eigenvalue weighted by atomic mass is 9.66. The van der Waals surface area contributed by atoms with Crippen LogP contribution in [0.4, 0.5) is 0 Å². The first-order valence-electron chi connectivity index (χ1n) is 10.5. The molecule has 1 heterocycles. The minimum absolute atomic E-state index is 0.0493. The number of likely N-dealkylation sites (N-methyl/N-ethyl adjacent to an activating group) is 1. The number of nitrogens with zero attached hydrogens (tertiary/aromatic N) is 1. The summed E-state index contributed by atoms with van der Waals surface area (Å²) < 4.78 is 5.31. The van der Waals surface area contributed by atoms with Gasteiger partial charge >= 0.3 is 0 Å². The summed E-state index contributed by atoms with van der Waals surface area (Å²) in [6.45, 7) is 6.09. The van der Waals surface area contributed by atoms with Crippen molar-refractivity contribution in [3.05, 3.63) is 71.8 Å². The fourth-order valence-electron chi connectivity index (χ4n) is 4.49. The van der Waals surface area contributed by atoms with Crippen LogP contribution in [-0.2, 0) is 14.9 Å². The van der Waals surface area contributed by atoms with Gasteiger partial charge in [0.1, 0.15) is 5.41 Å². The highest BCUT2D eigenvalue weighted by Crippen LogP contribution is 2.47. The van der Waals surface area contributed by atoms with E-state index < -0.39 is 5.41 Å². The molecule has 1 aliphatic heterocycles. The summed E-state index contributed by atoms with van der Waals surface area (Å²) >= 11 is 0. The number of benzene rings is 2. The SMILES string of the molecule is CCN1CC(CCNCCOCCO)C(c2ccccc2)(c2ccccc2)C1=O. The number of aliphatic hydroxyl groups is 1. The number of aliphatic hydroxyl groups excluding tert-OH is 1. The Kier molecular flexibility index (Phi) is 7.81. The molecule has 29 heavy (non-hydrogen) atoms. The van der Waals surface area contributed by atoms with Crippen LogP contribution in [-0.4, -0.2) is 61.9 Å². The average Bonchev–Trinajstić information content (AvgIpc) is 3.06. The Hall–Kier alpha value is -2.21. The van der Waals surface area contributed by atoms with Gasteiger partial charge in [-0.2, -0.15) is 0 Å². The number of nitrogens with one attached hydrogen (secondary N) is 1. The van der Waals surface area contributed by atoms with E-state index in [1.54, 1.807) is 0 Å². The van der Waals surface area contributed by atoms with Crippen LogP contribution in [0.5, 0.6) is 0 Å². The van der Waals surface area contributed by atoms with Crippen LogP contribution in [0, 0.1) is 5.92 Å². The molecular formula is C24H32N2O3. The maximum absolute atomic E-state index is 13.7. The molecule has 0 aromatic heterocycles. The van der Waals surface area contributed by atoms with Crippen LogP contribution in [0.3, 0.4) is 0 Å². The van der Waals surface area contributed by atoms with Crippen molar-refractivity contribution >= 4 is 5.91 Å². The third kappa shape index (κ3) is 4.53. The van der Waals surface area contributed by atoms with Crippen molar-refractivity contribution in [2.45, 2.75) is 18.8 Å². The van der Waals surface area contributed by atoms with Gasteiger partial charge in [-0.15, -0.1) is 0 Å². The van der Waals surface area contributed by atoms with Gasteiger partial charge in [0, 0.05) is 25.6 Å². The molecule has 0 spiro atoms. The first kappa shape index (κ1) is 21.5. The maximum Gasteiger partial charge on any atom is 0.238 e. The summed E-state index contributed by atoms with van der Waals surface area (Å²) in [5.74, 6) is 0.388. The van der Waals surface area contributed by atoms with Crippen molar-refractivity contribution in [3.63, 3.8) is 0 Å². The van der Waals surface area contributed by atoms with Crippen molar-refractivity contribution in [2.24, 2.45) is 5.92 Å². The Morgan fingerprint density at radius 3 is 2.21 bits per heavy atom. The third-order valence-corrected chi connectivity index (χ3v) is 5.85. The Morgan fingerprint density at radius 1 is 1.03 bits per heavy atom. The second-order valence-corrected chi connectivity index (χ2v) is 7.46. The molecule has 0 radical (unpaired) electrons. The van der Waals surface area contributed by atoms with Crippen molar-refractivity contribution in [3.8, 4) is 0 Å². The highest BCUT2D eigenvalue weighted by atomic mass is 16.5. The first-order chi connectivity index (χ1) is 14.2. The molecule has 3 rings (SSSR count). The molecule has 1 unspecified atom stereocenters. The Labute approximate surface area is 173 Å². The lowest BCUT2D eigenvalue weighted by molar-refractivity contribution is -0.131. The summed E-state index contributed by atoms with van der Waals surface area (Å²) in [6.07, 6.45) is 0.895. The van der Waals surface area contributed by atoms with E-state index in [0.717, 1.165) is 43.7 Å². The van der Waals surface area contributed by atoms with E-state index in [4.69, 9.17) is 9.84 Å². The van der Waals surface area contributed by atoms with Gasteiger partial charge in [-0.05, 0) is 31.0 Å². The lowest BCUT2D eigenvalue weighted by Crippen LogP contribution is -2.42. The number of carbonyl (C=O) groups is 1. The second kappa shape index (κ2) is 10.5. The number of hydrogen-bond donors (Lipinski definition) is 2. The summed E-state index contributed by atoms with van der Waals surface area (Å²) in [5, 5.41) is 12.2. The smallest absolute Gasteiger partial charge is 0.238 e. The molecule has 5 heteroatoms. The van der Waals surface area contributed by atoms with Crippen molar-refractivity contribution in [1.82, 2.24) is 10.2 Å². The predicted octanol–water partition coefficient (Wildman–Crippen LogP) is 2.44. The largest absolute Gasteiger partial charge is 0.394 e. The first-order valence-corrected chi connectivity index (χ1v) is 10.5. The number of carbonyl (C=O) groups excluding carboxylic acids is 1. The molecule has 1 amide bonds. The minimum atomic E-state index is -0.645. The summed E-state index contributed by atoms with van der Waals surface area (Å²) in [7, 11) is 0. The van der Waals surface area contributed by atoms with E-state index in [9.17, 15) is 4.79 Å². The zero-order valence-electron chi connectivity index (χ0n) is 17.2. The van der Waals surface area contributed by atoms with Gasteiger partial charge in [-0.25, -0.2) is 0 Å². The quantitative estimate of drug-likeness (QED) is 0.573. The summed E-state index contributed by atoms with van der Waals surface area (Å²) in [6, 6.07) is 20.5. The van der Waals surface area contributed by atoms with Crippen LogP contribution in [0.15, 0.2) is 60.7 Å². The Bertz CT molecular complexity index is 712. The van der Waals surface area contributed by atoms with Gasteiger partial charge in [0.25, 0.3) is 0 Å². The Morgan fingerprint density at radius 2 is 1.66 bits per heavy atom. The zero-order valence-corrected chi connectivity index (χ0v) is 17.2. The molecule has 2 aromatic carbocycles. The fourth-order valence-corrected chi connectivity index (χ4v) is 4.49. The van der Waals surface area contributed by atoms with Crippen LogP contribution >= 0.6 is 0 Å². The number of ether oxygens (including phenoxy) is 1. The van der Waals surface area contributed by atoms with Crippen molar-refractivity contribution in [1.29, 1.82) is 0 Å². The van der Waals surface area contributed by atoms with Crippen LogP contribution < -0.4 is 5.32 Å². The van der Waals surface area contributed by atoms with E-state index in [2.05, 4.69) is 36.5 Å². The van der Waals surface area contributed by atoms with Crippen molar-refractivity contribution < 1.29 is 14.6 Å². The molecule has 1 aliphatic rings. The standard InChI is InChI=1S/C24H32N2O3/c1-2-26-19-22(13-14-25-15-17-29-18-16-27)24(23(26)28,20-9-5-3-6-10-20)21-11-7-4-8-12-21/h3-12,22,25,27H,2,13-19H2,1H3. The molecule has 0 bridgehead atoms. The molecule has 5 nitrogen and oxygen atoms in total. The third-order valence-electron chi connectivity index (χ3n) is 5.85. The number of rotatable bonds is 11. The predicted molar refractivity (Wildman–Crippen MR) is 115 cm³/mol. The molecule has 0 saturated carbocycles. The van der Waals surface area contributed by atoms with Gasteiger partial charge < -0.3 is 20.1 Å². The zero-order chi connectivity index (χ0) is 20.5. The van der Waals surface area contributed by atoms with E-state index in [1.807, 2.05) is 41.3 Å². The molecule has 2 N–H and O–H groups in total. The molecule has 1 fully saturated rings. The summed E-state index contributed by atoms with van der Waals surface area (Å²) in [4.78, 5) is 15.7. The van der Waals surface area contributed by atoms with E-state index in [-0.39, 0.29) is 18.4 Å². The van der Waals surface area contributed by atoms with Crippen molar-refractivity contribution in [2.75, 3.05) is 46.0 Å². The molecule has 1 atom stereocenters. The van der Waals surface area contributed by atoms with E-state index in [0.29, 0.717) is 13.2 Å². The summed E-state index contributed by atoms with van der Waals surface area (Å²) in [5.41, 5.74) is 1.50. The molecule has 0 aliphatic carbocycles. The molecule has 2 aromatic rings. The maximum atomic E-state index is 13.7. The Balaban J connectivity index is 1.85. The van der Waals surface area contributed by atoms with Crippen LogP contribution in [0.25, 0.3) is 0 Å². The highest BCUT2D eigenvalue weighted by Gasteiger charge is 2.55. The topological polar surface area (TPSA) is 61.8 Å². The van der Waals surface area contributed by atoms with E-state index >= 15 is 0 Å². The molecular weight excluding hydrogens is 364 g/mol. The molecule has 156 valence electrons. The van der Waals surface area contributed by atoms with E-state index in [1.165, 1.54) is 0 Å². The average molecular weight is 397 g/mol. The minimum Gasteiger partial charge on any atom is -0.394 e. The lowest BCUT2D eigenvalue weighted by Gasteiger charge is -2.34. The fraction of sp³-hybridized carbons (Fsp3) is 0.458. The van der Waals surface area contributed by atoms with Crippen LogP contribution in [0.1, 0.15) is 24.5 Å². The second-order valence-electron chi connectivity index (χ2n) is 7.46. The number of hydrogen-bond acceptors (Lipinski definition) is 4. The van der Waals surface area contributed by atoms with Gasteiger partial charge in [0.15, 0.2) is 0 Å². The number of amides is 1. The normalized spacial score (nSPS) is 18.3. The van der Waals surface area contributed by atoms with Crippen LogP contribution in [0.2, 0.25) is 0 Å². The van der Waals surface area contributed by atoms with Gasteiger partial charge in [-0.3, -0.25) is 4.79 Å². The monoisotopic (exact) mass is 396 g/mol. The highest BCUT2D eigenvalue weighted by molar-refractivity contribution is 5.94. The van der Waals surface area contributed by atoms with Gasteiger partial charge in [0.2, 0.25) is 5.91 Å².